The van der Waals surface area contributed by atoms with Gasteiger partial charge in [-0.25, -0.2) is 0 Å². The number of alkyl halides is 6. The van der Waals surface area contributed by atoms with E-state index < -0.39 is 36.2 Å². The van der Waals surface area contributed by atoms with Crippen LogP contribution in [0.2, 0.25) is 0 Å². The molecule has 2 heterocycles. The molecule has 192 valence electrons. The number of hydrogen-bond donors (Lipinski definition) is 1. The van der Waals surface area contributed by atoms with Crippen molar-refractivity contribution in [3.8, 4) is 5.75 Å². The first-order valence-corrected chi connectivity index (χ1v) is 10.7. The molecule has 14 heteroatoms. The van der Waals surface area contributed by atoms with Gasteiger partial charge in [-0.1, -0.05) is 0 Å². The van der Waals surface area contributed by atoms with Gasteiger partial charge in [-0.2, -0.15) is 13.2 Å². The number of halogens is 6. The Balaban J connectivity index is 1.17. The van der Waals surface area contributed by atoms with Crippen LogP contribution >= 0.6 is 0 Å². The van der Waals surface area contributed by atoms with Crippen LogP contribution in [0.25, 0.3) is 0 Å². The summed E-state index contributed by atoms with van der Waals surface area (Å²) in [6, 6.07) is 3.69. The summed E-state index contributed by atoms with van der Waals surface area (Å²) in [6.07, 6.45) is -9.31. The van der Waals surface area contributed by atoms with Crippen LogP contribution in [0.5, 0.6) is 5.75 Å². The van der Waals surface area contributed by atoms with E-state index in [1.165, 1.54) is 0 Å². The van der Waals surface area contributed by atoms with E-state index in [0.717, 1.165) is 24.3 Å². The largest absolute Gasteiger partial charge is 0.522 e. The summed E-state index contributed by atoms with van der Waals surface area (Å²) in [6.45, 7) is -0.224. The molecule has 1 saturated heterocycles. The van der Waals surface area contributed by atoms with Gasteiger partial charge in [0.2, 0.25) is 11.8 Å². The summed E-state index contributed by atoms with van der Waals surface area (Å²) in [5, 5.41) is 10.6. The lowest BCUT2D eigenvalue weighted by atomic mass is 9.82. The monoisotopic (exact) mass is 509 g/mol. The molecule has 2 aliphatic rings. The summed E-state index contributed by atoms with van der Waals surface area (Å²) >= 11 is 0. The number of amides is 1. The Hall–Kier alpha value is -2.87. The molecule has 2 aromatic rings. The molecule has 2 fully saturated rings. The van der Waals surface area contributed by atoms with Crippen LogP contribution in [-0.4, -0.2) is 47.8 Å². The number of ether oxygens (including phenoxy) is 3. The molecule has 0 bridgehead atoms. The van der Waals surface area contributed by atoms with Crippen LogP contribution < -0.4 is 10.1 Å². The molecule has 0 radical (unpaired) electrons. The molecule has 1 saturated carbocycles. The lowest BCUT2D eigenvalue weighted by Gasteiger charge is -2.33. The standard InChI is InChI=1S/C21H21F6N3O5/c22-20(23,24)12-1-4-14(5-2-12)32-10-17(31)28-13-3-6-16(33-9-13)19-30-29-18(34-19)11-7-15(8-11)35-21(25,26)27/h1-2,4-5,11,13,15-16H,3,6-10H2,(H,28,31)/t11?,13-,15?,16+/m0/s1. The van der Waals surface area contributed by atoms with Gasteiger partial charge in [0.05, 0.1) is 24.3 Å². The van der Waals surface area contributed by atoms with E-state index in [0.29, 0.717) is 12.8 Å². The van der Waals surface area contributed by atoms with Gasteiger partial charge in [-0.05, 0) is 49.9 Å². The second-order valence-electron chi connectivity index (χ2n) is 8.31. The van der Waals surface area contributed by atoms with Gasteiger partial charge in [0.15, 0.2) is 6.61 Å². The first-order valence-electron chi connectivity index (χ1n) is 10.7. The van der Waals surface area contributed by atoms with Crippen molar-refractivity contribution in [2.45, 2.75) is 62.4 Å². The quantitative estimate of drug-likeness (QED) is 0.557. The summed E-state index contributed by atoms with van der Waals surface area (Å²) < 4.78 is 94.9. The van der Waals surface area contributed by atoms with E-state index in [4.69, 9.17) is 13.9 Å². The number of hydrogen-bond acceptors (Lipinski definition) is 7. The fourth-order valence-corrected chi connectivity index (χ4v) is 3.81. The lowest BCUT2D eigenvalue weighted by molar-refractivity contribution is -0.352. The van der Waals surface area contributed by atoms with E-state index in [1.54, 1.807) is 0 Å². The summed E-state index contributed by atoms with van der Waals surface area (Å²) in [4.78, 5) is 12.1. The smallest absolute Gasteiger partial charge is 0.484 e. The number of aromatic nitrogens is 2. The third kappa shape index (κ3) is 6.84. The van der Waals surface area contributed by atoms with E-state index in [1.807, 2.05) is 0 Å². The molecular weight excluding hydrogens is 488 g/mol. The second-order valence-corrected chi connectivity index (χ2v) is 8.31. The molecule has 35 heavy (non-hydrogen) atoms. The number of benzene rings is 1. The maximum Gasteiger partial charge on any atom is 0.522 e. The Kier molecular flexibility index (Phi) is 7.22. The van der Waals surface area contributed by atoms with Crippen molar-refractivity contribution in [2.24, 2.45) is 0 Å². The van der Waals surface area contributed by atoms with Gasteiger partial charge < -0.3 is 19.2 Å². The van der Waals surface area contributed by atoms with Crippen LogP contribution in [0.3, 0.4) is 0 Å². The molecule has 2 atom stereocenters. The predicted molar refractivity (Wildman–Crippen MR) is 104 cm³/mol. The van der Waals surface area contributed by atoms with E-state index in [2.05, 4.69) is 20.3 Å². The maximum atomic E-state index is 12.6. The Morgan fingerprint density at radius 2 is 1.71 bits per heavy atom. The van der Waals surface area contributed by atoms with Gasteiger partial charge in [-0.15, -0.1) is 23.4 Å². The number of carbonyl (C=O) groups excluding carboxylic acids is 1. The average molecular weight is 509 g/mol. The molecule has 1 aromatic heterocycles. The molecule has 0 unspecified atom stereocenters. The van der Waals surface area contributed by atoms with Crippen molar-refractivity contribution in [1.29, 1.82) is 0 Å². The Bertz CT molecular complexity index is 996. The van der Waals surface area contributed by atoms with E-state index >= 15 is 0 Å². The summed E-state index contributed by atoms with van der Waals surface area (Å²) in [5.74, 6) is -0.179. The highest BCUT2D eigenvalue weighted by Crippen LogP contribution is 2.41. The minimum atomic E-state index is -4.67. The molecule has 1 amide bonds. The Labute approximate surface area is 194 Å². The Morgan fingerprint density at radius 3 is 2.31 bits per heavy atom. The highest BCUT2D eigenvalue weighted by Gasteiger charge is 2.43. The van der Waals surface area contributed by atoms with Crippen LogP contribution in [-0.2, 0) is 20.4 Å². The van der Waals surface area contributed by atoms with Crippen molar-refractivity contribution in [3.05, 3.63) is 41.6 Å². The third-order valence-corrected chi connectivity index (χ3v) is 5.67. The molecule has 4 rings (SSSR count). The van der Waals surface area contributed by atoms with Crippen molar-refractivity contribution in [3.63, 3.8) is 0 Å². The van der Waals surface area contributed by atoms with E-state index in [-0.39, 0.29) is 55.5 Å². The van der Waals surface area contributed by atoms with Gasteiger partial charge in [0, 0.05) is 5.92 Å². The molecule has 1 aromatic carbocycles. The summed E-state index contributed by atoms with van der Waals surface area (Å²) in [7, 11) is 0. The first kappa shape index (κ1) is 25.2. The minimum Gasteiger partial charge on any atom is -0.484 e. The fraction of sp³-hybridized carbons (Fsp3) is 0.571. The zero-order valence-corrected chi connectivity index (χ0v) is 18.1. The summed E-state index contributed by atoms with van der Waals surface area (Å²) in [5.41, 5.74) is -0.816. The van der Waals surface area contributed by atoms with Crippen molar-refractivity contribution in [1.82, 2.24) is 15.5 Å². The van der Waals surface area contributed by atoms with Crippen molar-refractivity contribution >= 4 is 5.91 Å². The SMILES string of the molecule is O=C(COc1ccc(C(F)(F)F)cc1)N[C@H]1CC[C@H](c2nnc(C3CC(OC(F)(F)F)C3)o2)OC1. The average Bonchev–Trinajstić information content (AvgIpc) is 3.24. The van der Waals surface area contributed by atoms with Crippen LogP contribution in [0.1, 0.15) is 55.1 Å². The first-order chi connectivity index (χ1) is 16.5. The third-order valence-electron chi connectivity index (χ3n) is 5.67. The highest BCUT2D eigenvalue weighted by molar-refractivity contribution is 5.77. The number of nitrogens with zero attached hydrogens (tertiary/aromatic N) is 2. The Morgan fingerprint density at radius 1 is 1.03 bits per heavy atom. The topological polar surface area (TPSA) is 95.7 Å². The molecule has 1 aliphatic heterocycles. The van der Waals surface area contributed by atoms with Crippen molar-refractivity contribution < 1.29 is 49.8 Å². The normalized spacial score (nSPS) is 25.1. The molecule has 1 aliphatic carbocycles. The maximum absolute atomic E-state index is 12.6. The molecular formula is C21H21F6N3O5. The van der Waals surface area contributed by atoms with Gasteiger partial charge in [0.1, 0.15) is 11.9 Å². The zero-order chi connectivity index (χ0) is 25.2. The predicted octanol–water partition coefficient (Wildman–Crippen LogP) is 4.29. The van der Waals surface area contributed by atoms with E-state index in [9.17, 15) is 31.1 Å². The van der Waals surface area contributed by atoms with Gasteiger partial charge >= 0.3 is 12.5 Å². The van der Waals surface area contributed by atoms with Crippen LogP contribution in [0, 0.1) is 0 Å². The number of carbonyl (C=O) groups is 1. The second kappa shape index (κ2) is 10.0. The van der Waals surface area contributed by atoms with Crippen LogP contribution in [0.15, 0.2) is 28.7 Å². The lowest BCUT2D eigenvalue weighted by Crippen LogP contribution is -2.43. The van der Waals surface area contributed by atoms with Gasteiger partial charge in [-0.3, -0.25) is 9.53 Å². The number of nitrogens with one attached hydrogen (secondary N) is 1. The van der Waals surface area contributed by atoms with Gasteiger partial charge in [0.25, 0.3) is 5.91 Å². The molecule has 1 N–H and O–H groups in total. The minimum absolute atomic E-state index is 0.128. The zero-order valence-electron chi connectivity index (χ0n) is 18.1. The number of rotatable bonds is 7. The fourth-order valence-electron chi connectivity index (χ4n) is 3.81. The van der Waals surface area contributed by atoms with Crippen molar-refractivity contribution in [2.75, 3.05) is 13.2 Å². The highest BCUT2D eigenvalue weighted by atomic mass is 19.4. The van der Waals surface area contributed by atoms with Crippen LogP contribution in [0.4, 0.5) is 26.3 Å². The molecule has 0 spiro atoms. The molecule has 8 nitrogen and oxygen atoms in total.